The molecule has 1 aliphatic carbocycles. The van der Waals surface area contributed by atoms with E-state index in [1.165, 1.54) is 31.6 Å². The highest BCUT2D eigenvalue weighted by atomic mass is 19.1. The number of ether oxygens (including phenoxy) is 2. The first kappa shape index (κ1) is 18.9. The molecule has 0 aliphatic heterocycles. The van der Waals surface area contributed by atoms with Crippen molar-refractivity contribution in [3.63, 3.8) is 0 Å². The number of anilines is 1. The average molecular weight is 393 g/mol. The number of nitrogens with zero attached hydrogens (tertiary/aromatic N) is 2. The van der Waals surface area contributed by atoms with Gasteiger partial charge in [-0.25, -0.2) is 14.4 Å². The Balaban J connectivity index is 1.58. The molecule has 1 heterocycles. The topological polar surface area (TPSA) is 73.3 Å². The summed E-state index contributed by atoms with van der Waals surface area (Å²) in [7, 11) is 3.11. The number of benzene rings is 2. The summed E-state index contributed by atoms with van der Waals surface area (Å²) in [6.07, 6.45) is 2.86. The van der Waals surface area contributed by atoms with Gasteiger partial charge in [0.15, 0.2) is 0 Å². The molecule has 1 aromatic heterocycles. The summed E-state index contributed by atoms with van der Waals surface area (Å²) in [6, 6.07) is 13.3. The van der Waals surface area contributed by atoms with E-state index in [2.05, 4.69) is 15.3 Å². The number of aromatic nitrogens is 2. The van der Waals surface area contributed by atoms with Crippen molar-refractivity contribution in [2.75, 3.05) is 19.5 Å². The second-order valence-corrected chi connectivity index (χ2v) is 6.90. The van der Waals surface area contributed by atoms with Crippen molar-refractivity contribution in [3.05, 3.63) is 66.2 Å². The third-order valence-electron chi connectivity index (χ3n) is 5.17. The van der Waals surface area contributed by atoms with Gasteiger partial charge in [0.1, 0.15) is 29.5 Å². The molecule has 1 saturated carbocycles. The van der Waals surface area contributed by atoms with E-state index in [-0.39, 0.29) is 5.91 Å². The third kappa shape index (κ3) is 3.63. The van der Waals surface area contributed by atoms with Crippen molar-refractivity contribution in [1.29, 1.82) is 0 Å². The molecule has 29 heavy (non-hydrogen) atoms. The first-order valence-electron chi connectivity index (χ1n) is 9.18. The Morgan fingerprint density at radius 2 is 1.79 bits per heavy atom. The average Bonchev–Trinajstić information content (AvgIpc) is 3.56. The predicted octanol–water partition coefficient (Wildman–Crippen LogP) is 3.97. The summed E-state index contributed by atoms with van der Waals surface area (Å²) >= 11 is 0. The van der Waals surface area contributed by atoms with Crippen molar-refractivity contribution in [2.24, 2.45) is 0 Å². The molecule has 148 valence electrons. The molecule has 0 atom stereocenters. The van der Waals surface area contributed by atoms with Crippen LogP contribution >= 0.6 is 0 Å². The van der Waals surface area contributed by atoms with Gasteiger partial charge in [-0.1, -0.05) is 12.1 Å². The Hall–Kier alpha value is -3.48. The molecule has 4 rings (SSSR count). The molecule has 2 aromatic carbocycles. The zero-order valence-corrected chi connectivity index (χ0v) is 16.1. The van der Waals surface area contributed by atoms with Crippen molar-refractivity contribution < 1.29 is 18.7 Å². The lowest BCUT2D eigenvalue weighted by Crippen LogP contribution is -2.28. The molecule has 1 aliphatic rings. The van der Waals surface area contributed by atoms with E-state index in [4.69, 9.17) is 9.47 Å². The quantitative estimate of drug-likeness (QED) is 0.686. The second kappa shape index (κ2) is 7.50. The van der Waals surface area contributed by atoms with Crippen LogP contribution < -0.4 is 14.8 Å². The van der Waals surface area contributed by atoms with Gasteiger partial charge in [-0.3, -0.25) is 4.79 Å². The van der Waals surface area contributed by atoms with Gasteiger partial charge in [-0.15, -0.1) is 0 Å². The molecule has 1 amide bonds. The zero-order valence-electron chi connectivity index (χ0n) is 16.1. The van der Waals surface area contributed by atoms with Gasteiger partial charge in [-0.2, -0.15) is 0 Å². The molecule has 7 heteroatoms. The molecule has 1 N–H and O–H groups in total. The molecule has 0 unspecified atom stereocenters. The van der Waals surface area contributed by atoms with E-state index in [0.29, 0.717) is 22.8 Å². The Morgan fingerprint density at radius 1 is 1.03 bits per heavy atom. The van der Waals surface area contributed by atoms with Crippen LogP contribution in [0, 0.1) is 5.82 Å². The van der Waals surface area contributed by atoms with Crippen molar-refractivity contribution in [2.45, 2.75) is 18.3 Å². The van der Waals surface area contributed by atoms with Crippen molar-refractivity contribution in [1.82, 2.24) is 9.97 Å². The Morgan fingerprint density at radius 3 is 2.45 bits per heavy atom. The molecule has 6 nitrogen and oxygen atoms in total. The van der Waals surface area contributed by atoms with E-state index in [9.17, 15) is 9.18 Å². The van der Waals surface area contributed by atoms with Crippen LogP contribution in [-0.4, -0.2) is 30.1 Å². The summed E-state index contributed by atoms with van der Waals surface area (Å²) in [5, 5.41) is 2.88. The van der Waals surface area contributed by atoms with Crippen LogP contribution in [0.25, 0.3) is 11.3 Å². The number of carbonyl (C=O) groups excluding carboxylic acids is 1. The van der Waals surface area contributed by atoms with E-state index >= 15 is 0 Å². The molecule has 1 fully saturated rings. The molecular formula is C22H20FN3O3. The molecule has 0 bridgehead atoms. The molecule has 0 radical (unpaired) electrons. The smallest absolute Gasteiger partial charge is 0.236 e. The van der Waals surface area contributed by atoms with Gasteiger partial charge in [0, 0.05) is 11.6 Å². The van der Waals surface area contributed by atoms with Crippen LogP contribution in [0.5, 0.6) is 11.5 Å². The van der Waals surface area contributed by atoms with Crippen molar-refractivity contribution in [3.8, 4) is 22.8 Å². The summed E-state index contributed by atoms with van der Waals surface area (Å²) in [5.41, 5.74) is 1.33. The normalized spacial score (nSPS) is 14.2. The standard InChI is InChI=1S/C22H20FN3O3/c1-28-16-6-3-14(4-7-16)22(9-10-22)21(27)26-20-12-18(24-13-25-20)17-11-15(23)5-8-19(17)29-2/h3-8,11-13H,9-10H2,1-2H3,(H,24,25,26,27). The fourth-order valence-electron chi connectivity index (χ4n) is 3.37. The minimum atomic E-state index is -0.562. The summed E-state index contributed by atoms with van der Waals surface area (Å²) in [5.74, 6) is 1.06. The number of amides is 1. The third-order valence-corrected chi connectivity index (χ3v) is 5.17. The first-order valence-corrected chi connectivity index (χ1v) is 9.18. The fraction of sp³-hybridized carbons (Fsp3) is 0.227. The van der Waals surface area contributed by atoms with E-state index in [0.717, 1.165) is 24.2 Å². The van der Waals surface area contributed by atoms with Crippen LogP contribution in [-0.2, 0) is 10.2 Å². The largest absolute Gasteiger partial charge is 0.497 e. The van der Waals surface area contributed by atoms with Gasteiger partial charge in [0.25, 0.3) is 0 Å². The monoisotopic (exact) mass is 393 g/mol. The number of methoxy groups -OCH3 is 2. The van der Waals surface area contributed by atoms with Crippen LogP contribution in [0.3, 0.4) is 0 Å². The number of rotatable bonds is 6. The Bertz CT molecular complexity index is 1050. The number of hydrogen-bond donors (Lipinski definition) is 1. The molecular weight excluding hydrogens is 373 g/mol. The maximum absolute atomic E-state index is 13.7. The molecule has 0 saturated heterocycles. The van der Waals surface area contributed by atoms with E-state index in [1.807, 2.05) is 24.3 Å². The van der Waals surface area contributed by atoms with Gasteiger partial charge in [0.05, 0.1) is 25.3 Å². The number of hydrogen-bond acceptors (Lipinski definition) is 5. The van der Waals surface area contributed by atoms with Gasteiger partial charge in [0.2, 0.25) is 5.91 Å². The number of carbonyl (C=O) groups is 1. The van der Waals surface area contributed by atoms with Crippen LogP contribution in [0.2, 0.25) is 0 Å². The number of halogens is 1. The zero-order chi connectivity index (χ0) is 20.4. The second-order valence-electron chi connectivity index (χ2n) is 6.90. The highest BCUT2D eigenvalue weighted by Gasteiger charge is 2.51. The lowest BCUT2D eigenvalue weighted by atomic mass is 9.95. The predicted molar refractivity (Wildman–Crippen MR) is 107 cm³/mol. The minimum Gasteiger partial charge on any atom is -0.497 e. The molecule has 3 aromatic rings. The fourth-order valence-corrected chi connectivity index (χ4v) is 3.37. The minimum absolute atomic E-state index is 0.126. The summed E-state index contributed by atoms with van der Waals surface area (Å²) < 4.78 is 24.2. The Labute approximate surface area is 167 Å². The van der Waals surface area contributed by atoms with Crippen LogP contribution in [0.4, 0.5) is 10.2 Å². The number of nitrogens with one attached hydrogen (secondary N) is 1. The SMILES string of the molecule is COc1ccc(C2(C(=O)Nc3cc(-c4cc(F)ccc4OC)ncn3)CC2)cc1. The van der Waals surface area contributed by atoms with E-state index < -0.39 is 11.2 Å². The maximum Gasteiger partial charge on any atom is 0.236 e. The Kier molecular flexibility index (Phi) is 4.88. The van der Waals surface area contributed by atoms with Gasteiger partial charge in [-0.05, 0) is 48.7 Å². The van der Waals surface area contributed by atoms with Crippen molar-refractivity contribution >= 4 is 11.7 Å². The van der Waals surface area contributed by atoms with Gasteiger partial charge >= 0.3 is 0 Å². The highest BCUT2D eigenvalue weighted by Crippen LogP contribution is 2.49. The highest BCUT2D eigenvalue weighted by molar-refractivity contribution is 6.01. The lowest BCUT2D eigenvalue weighted by Gasteiger charge is -2.16. The van der Waals surface area contributed by atoms with Crippen LogP contribution in [0.1, 0.15) is 18.4 Å². The maximum atomic E-state index is 13.7. The van der Waals surface area contributed by atoms with Crippen LogP contribution in [0.15, 0.2) is 54.9 Å². The van der Waals surface area contributed by atoms with Gasteiger partial charge < -0.3 is 14.8 Å². The van der Waals surface area contributed by atoms with E-state index in [1.54, 1.807) is 13.2 Å². The molecule has 0 spiro atoms. The lowest BCUT2D eigenvalue weighted by molar-refractivity contribution is -0.118. The first-order chi connectivity index (χ1) is 14.1. The summed E-state index contributed by atoms with van der Waals surface area (Å²) in [6.45, 7) is 0. The summed E-state index contributed by atoms with van der Waals surface area (Å²) in [4.78, 5) is 21.3.